The SMILES string of the molecule is C#Cc1[nH]nc2c(-c3cn(C(C)c4ccccc4)c(=O)[nH]c3=O)cccc12. The molecular formula is C21H16N4O2. The molecule has 2 N–H and O–H groups in total. The van der Waals surface area contributed by atoms with Crippen molar-refractivity contribution in [2.75, 3.05) is 0 Å². The number of hydrogen-bond acceptors (Lipinski definition) is 3. The van der Waals surface area contributed by atoms with Crippen LogP contribution in [-0.2, 0) is 0 Å². The summed E-state index contributed by atoms with van der Waals surface area (Å²) >= 11 is 0. The number of aromatic nitrogens is 4. The van der Waals surface area contributed by atoms with E-state index >= 15 is 0 Å². The fourth-order valence-electron chi connectivity index (χ4n) is 3.22. The fourth-order valence-corrected chi connectivity index (χ4v) is 3.22. The van der Waals surface area contributed by atoms with E-state index in [0.717, 1.165) is 10.9 Å². The Morgan fingerprint density at radius 1 is 1.07 bits per heavy atom. The second kappa shape index (κ2) is 6.46. The molecule has 0 radical (unpaired) electrons. The van der Waals surface area contributed by atoms with E-state index in [1.54, 1.807) is 12.3 Å². The third kappa shape index (κ3) is 2.75. The summed E-state index contributed by atoms with van der Waals surface area (Å²) in [6.07, 6.45) is 7.07. The highest BCUT2D eigenvalue weighted by atomic mass is 16.2. The molecule has 0 spiro atoms. The van der Waals surface area contributed by atoms with Gasteiger partial charge in [-0.25, -0.2) is 4.79 Å². The van der Waals surface area contributed by atoms with Crippen LogP contribution in [0.2, 0.25) is 0 Å². The molecule has 6 nitrogen and oxygen atoms in total. The van der Waals surface area contributed by atoms with Crippen LogP contribution in [0.25, 0.3) is 22.0 Å². The van der Waals surface area contributed by atoms with E-state index in [2.05, 4.69) is 21.1 Å². The van der Waals surface area contributed by atoms with Crippen molar-refractivity contribution in [3.8, 4) is 23.5 Å². The summed E-state index contributed by atoms with van der Waals surface area (Å²) in [4.78, 5) is 27.4. The predicted molar refractivity (Wildman–Crippen MR) is 105 cm³/mol. The minimum absolute atomic E-state index is 0.242. The standard InChI is InChI=1S/C21H16N4O2/c1-3-18-16-11-7-10-15(19(16)24-23-18)17-12-25(21(27)22-20(17)26)13(2)14-8-5-4-6-9-14/h1,4-13H,2H3,(H,23,24)(H,22,26,27). The van der Waals surface area contributed by atoms with Crippen LogP contribution in [0.15, 0.2) is 64.3 Å². The van der Waals surface area contributed by atoms with Crippen molar-refractivity contribution in [1.82, 2.24) is 19.7 Å². The maximum absolute atomic E-state index is 12.5. The number of nitrogens with one attached hydrogen (secondary N) is 2. The lowest BCUT2D eigenvalue weighted by Gasteiger charge is -2.16. The van der Waals surface area contributed by atoms with Gasteiger partial charge in [0.15, 0.2) is 0 Å². The van der Waals surface area contributed by atoms with E-state index in [9.17, 15) is 9.59 Å². The highest BCUT2D eigenvalue weighted by molar-refractivity contribution is 5.95. The lowest BCUT2D eigenvalue weighted by atomic mass is 10.0. The normalized spacial score (nSPS) is 12.0. The number of aromatic amines is 2. The van der Waals surface area contributed by atoms with Crippen molar-refractivity contribution >= 4 is 10.9 Å². The third-order valence-corrected chi connectivity index (χ3v) is 4.69. The molecule has 0 aliphatic heterocycles. The van der Waals surface area contributed by atoms with Crippen LogP contribution in [0, 0.1) is 12.3 Å². The molecular weight excluding hydrogens is 340 g/mol. The average molecular weight is 356 g/mol. The van der Waals surface area contributed by atoms with Gasteiger partial charge >= 0.3 is 5.69 Å². The Balaban J connectivity index is 1.93. The third-order valence-electron chi connectivity index (χ3n) is 4.69. The number of rotatable bonds is 3. The van der Waals surface area contributed by atoms with Crippen LogP contribution < -0.4 is 11.2 Å². The first-order valence-electron chi connectivity index (χ1n) is 8.44. The van der Waals surface area contributed by atoms with Gasteiger partial charge in [0.05, 0.1) is 11.6 Å². The van der Waals surface area contributed by atoms with Gasteiger partial charge in [-0.1, -0.05) is 48.4 Å². The van der Waals surface area contributed by atoms with E-state index in [4.69, 9.17) is 6.42 Å². The second-order valence-electron chi connectivity index (χ2n) is 6.24. The molecule has 4 rings (SSSR count). The van der Waals surface area contributed by atoms with Gasteiger partial charge in [0.25, 0.3) is 5.56 Å². The monoisotopic (exact) mass is 356 g/mol. The molecule has 0 bridgehead atoms. The molecule has 0 aliphatic carbocycles. The van der Waals surface area contributed by atoms with E-state index in [-0.39, 0.29) is 6.04 Å². The maximum Gasteiger partial charge on any atom is 0.328 e. The molecule has 0 amide bonds. The van der Waals surface area contributed by atoms with Crippen molar-refractivity contribution in [1.29, 1.82) is 0 Å². The molecule has 0 saturated heterocycles. The summed E-state index contributed by atoms with van der Waals surface area (Å²) in [5, 5.41) is 7.81. The van der Waals surface area contributed by atoms with Crippen molar-refractivity contribution in [2.45, 2.75) is 13.0 Å². The summed E-state index contributed by atoms with van der Waals surface area (Å²) in [7, 11) is 0. The number of fused-ring (bicyclic) bond motifs is 1. The maximum atomic E-state index is 12.5. The molecule has 4 aromatic rings. The number of para-hydroxylation sites is 1. The number of H-pyrrole nitrogens is 2. The Hall–Kier alpha value is -3.85. The largest absolute Gasteiger partial charge is 0.328 e. The van der Waals surface area contributed by atoms with Crippen LogP contribution in [0.4, 0.5) is 0 Å². The van der Waals surface area contributed by atoms with Gasteiger partial charge in [0, 0.05) is 17.1 Å². The first kappa shape index (κ1) is 16.6. The van der Waals surface area contributed by atoms with Gasteiger partial charge in [-0.3, -0.25) is 19.4 Å². The van der Waals surface area contributed by atoms with Crippen LogP contribution in [0.3, 0.4) is 0 Å². The Labute approximate surface area is 154 Å². The summed E-state index contributed by atoms with van der Waals surface area (Å²) in [5.41, 5.74) is 2.15. The summed E-state index contributed by atoms with van der Waals surface area (Å²) < 4.78 is 1.51. The Morgan fingerprint density at radius 2 is 1.85 bits per heavy atom. The van der Waals surface area contributed by atoms with Crippen LogP contribution in [0.5, 0.6) is 0 Å². The number of hydrogen-bond donors (Lipinski definition) is 2. The van der Waals surface area contributed by atoms with Crippen molar-refractivity contribution < 1.29 is 0 Å². The number of terminal acetylenes is 1. The molecule has 2 heterocycles. The first-order chi connectivity index (χ1) is 13.1. The summed E-state index contributed by atoms with van der Waals surface area (Å²) in [6.45, 7) is 1.91. The van der Waals surface area contributed by atoms with Crippen LogP contribution >= 0.6 is 0 Å². The lowest BCUT2D eigenvalue weighted by Crippen LogP contribution is -2.32. The topological polar surface area (TPSA) is 83.5 Å². The van der Waals surface area contributed by atoms with E-state index in [0.29, 0.717) is 22.3 Å². The fraction of sp³-hybridized carbons (Fsp3) is 0.0952. The molecule has 27 heavy (non-hydrogen) atoms. The zero-order chi connectivity index (χ0) is 19.0. The van der Waals surface area contributed by atoms with E-state index < -0.39 is 11.2 Å². The number of benzene rings is 2. The Bertz CT molecular complexity index is 1290. The van der Waals surface area contributed by atoms with Crippen molar-refractivity contribution in [2.24, 2.45) is 0 Å². The molecule has 0 aliphatic rings. The molecule has 2 aromatic heterocycles. The molecule has 6 heteroatoms. The van der Waals surface area contributed by atoms with Crippen molar-refractivity contribution in [3.63, 3.8) is 0 Å². The lowest BCUT2D eigenvalue weighted by molar-refractivity contribution is 0.596. The van der Waals surface area contributed by atoms with Crippen LogP contribution in [0.1, 0.15) is 24.2 Å². The van der Waals surface area contributed by atoms with Gasteiger partial charge in [0.1, 0.15) is 11.2 Å². The van der Waals surface area contributed by atoms with Gasteiger partial charge < -0.3 is 0 Å². The molecule has 132 valence electrons. The predicted octanol–water partition coefficient (Wildman–Crippen LogP) is 2.67. The average Bonchev–Trinajstić information content (AvgIpc) is 3.12. The molecule has 1 unspecified atom stereocenters. The Morgan fingerprint density at radius 3 is 2.59 bits per heavy atom. The van der Waals surface area contributed by atoms with Crippen molar-refractivity contribution in [3.05, 3.63) is 86.8 Å². The quantitative estimate of drug-likeness (QED) is 0.554. The summed E-state index contributed by atoms with van der Waals surface area (Å²) in [6, 6.07) is 14.8. The zero-order valence-corrected chi connectivity index (χ0v) is 14.6. The second-order valence-corrected chi connectivity index (χ2v) is 6.24. The highest BCUT2D eigenvalue weighted by Gasteiger charge is 2.16. The smallest absolute Gasteiger partial charge is 0.293 e. The molecule has 0 fully saturated rings. The molecule has 1 atom stereocenters. The van der Waals surface area contributed by atoms with Gasteiger partial charge in [-0.05, 0) is 18.6 Å². The Kier molecular flexibility index (Phi) is 3.98. The number of nitrogens with zero attached hydrogens (tertiary/aromatic N) is 2. The van der Waals surface area contributed by atoms with Gasteiger partial charge in [0.2, 0.25) is 0 Å². The van der Waals surface area contributed by atoms with E-state index in [1.165, 1.54) is 4.57 Å². The highest BCUT2D eigenvalue weighted by Crippen LogP contribution is 2.27. The minimum Gasteiger partial charge on any atom is -0.293 e. The van der Waals surface area contributed by atoms with Gasteiger partial charge in [-0.2, -0.15) is 5.10 Å². The zero-order valence-electron chi connectivity index (χ0n) is 14.6. The van der Waals surface area contributed by atoms with E-state index in [1.807, 2.05) is 49.4 Å². The first-order valence-corrected chi connectivity index (χ1v) is 8.44. The molecule has 2 aromatic carbocycles. The molecule has 0 saturated carbocycles. The summed E-state index contributed by atoms with van der Waals surface area (Å²) in [5.74, 6) is 2.54. The van der Waals surface area contributed by atoms with Crippen LogP contribution in [-0.4, -0.2) is 19.7 Å². The van der Waals surface area contributed by atoms with Gasteiger partial charge in [-0.15, -0.1) is 6.42 Å². The minimum atomic E-state index is -0.464.